The van der Waals surface area contributed by atoms with Crippen LogP contribution in [0.25, 0.3) is 0 Å². The van der Waals surface area contributed by atoms with Gasteiger partial charge in [0.15, 0.2) is 4.60 Å². The number of nitrogens with one attached hydrogen (secondary N) is 1. The van der Waals surface area contributed by atoms with Crippen LogP contribution < -0.4 is 5.32 Å². The zero-order chi connectivity index (χ0) is 14.2. The number of hydrogen-bond acceptors (Lipinski definition) is 4. The molecule has 0 aliphatic rings. The maximum absolute atomic E-state index is 4.49. The summed E-state index contributed by atoms with van der Waals surface area (Å²) < 4.78 is 4.47. The van der Waals surface area contributed by atoms with E-state index in [-0.39, 0.29) is 6.04 Å². The molecule has 1 unspecified atom stereocenters. The lowest BCUT2D eigenvalue weighted by atomic mass is 10.0. The number of rotatable bonds is 4. The van der Waals surface area contributed by atoms with Crippen LogP contribution in [0, 0.1) is 13.8 Å². The van der Waals surface area contributed by atoms with Gasteiger partial charge in [0.1, 0.15) is 0 Å². The van der Waals surface area contributed by atoms with E-state index >= 15 is 0 Å². The molecule has 0 bridgehead atoms. The molecule has 1 N–H and O–H groups in total. The predicted octanol–water partition coefficient (Wildman–Crippen LogP) is 1.63. The van der Waals surface area contributed by atoms with Gasteiger partial charge in [-0.2, -0.15) is 5.10 Å². The maximum atomic E-state index is 4.49. The minimum absolute atomic E-state index is 0.0353. The standard InChI is InChI=1S/C12H19BrN6/c1-6-14-10(11-12(13)15-17-19(11)5)9-7(2)16-18(4)8(9)3/h10,14H,6H2,1-5H3. The molecule has 0 saturated heterocycles. The molecule has 2 aromatic heterocycles. The second-order valence-electron chi connectivity index (χ2n) is 4.59. The van der Waals surface area contributed by atoms with Crippen molar-refractivity contribution >= 4 is 15.9 Å². The van der Waals surface area contributed by atoms with Crippen molar-refractivity contribution in [3.63, 3.8) is 0 Å². The predicted molar refractivity (Wildman–Crippen MR) is 76.9 cm³/mol. The molecule has 2 rings (SSSR count). The maximum Gasteiger partial charge on any atom is 0.153 e. The number of hydrogen-bond donors (Lipinski definition) is 1. The first-order chi connectivity index (χ1) is 8.97. The molecule has 0 radical (unpaired) electrons. The molecule has 0 fully saturated rings. The highest BCUT2D eigenvalue weighted by atomic mass is 79.9. The Bertz CT molecular complexity index is 566. The Morgan fingerprint density at radius 2 is 1.95 bits per heavy atom. The lowest BCUT2D eigenvalue weighted by molar-refractivity contribution is 0.562. The quantitative estimate of drug-likeness (QED) is 0.927. The summed E-state index contributed by atoms with van der Waals surface area (Å²) >= 11 is 3.48. The van der Waals surface area contributed by atoms with Crippen molar-refractivity contribution in [2.75, 3.05) is 6.54 Å². The van der Waals surface area contributed by atoms with Crippen molar-refractivity contribution in [3.8, 4) is 0 Å². The van der Waals surface area contributed by atoms with Gasteiger partial charge in [-0.05, 0) is 36.3 Å². The van der Waals surface area contributed by atoms with Crippen LogP contribution in [0.3, 0.4) is 0 Å². The van der Waals surface area contributed by atoms with Crippen LogP contribution in [0.5, 0.6) is 0 Å². The topological polar surface area (TPSA) is 60.6 Å². The summed E-state index contributed by atoms with van der Waals surface area (Å²) in [5, 5.41) is 16.1. The Hall–Kier alpha value is -1.21. The Morgan fingerprint density at radius 1 is 1.26 bits per heavy atom. The Kier molecular flexibility index (Phi) is 4.05. The first-order valence-electron chi connectivity index (χ1n) is 6.25. The van der Waals surface area contributed by atoms with Gasteiger partial charge in [-0.25, -0.2) is 4.68 Å². The van der Waals surface area contributed by atoms with Crippen LogP contribution in [0.1, 0.15) is 35.6 Å². The van der Waals surface area contributed by atoms with Gasteiger partial charge in [0.2, 0.25) is 0 Å². The average molecular weight is 327 g/mol. The van der Waals surface area contributed by atoms with Gasteiger partial charge in [-0.1, -0.05) is 12.1 Å². The van der Waals surface area contributed by atoms with Gasteiger partial charge in [0.05, 0.1) is 17.4 Å². The number of aromatic nitrogens is 5. The van der Waals surface area contributed by atoms with Crippen LogP contribution in [-0.4, -0.2) is 31.3 Å². The van der Waals surface area contributed by atoms with Gasteiger partial charge in [-0.15, -0.1) is 5.10 Å². The average Bonchev–Trinajstić information content (AvgIpc) is 2.79. The lowest BCUT2D eigenvalue weighted by Crippen LogP contribution is -2.25. The van der Waals surface area contributed by atoms with Crippen molar-refractivity contribution < 1.29 is 0 Å². The molecule has 2 heterocycles. The SMILES string of the molecule is CCNC(c1c(C)nn(C)c1C)c1c(Br)nnn1C. The summed E-state index contributed by atoms with van der Waals surface area (Å²) in [5.41, 5.74) is 4.38. The molecule has 6 nitrogen and oxygen atoms in total. The van der Waals surface area contributed by atoms with Crippen molar-refractivity contribution in [2.45, 2.75) is 26.8 Å². The van der Waals surface area contributed by atoms with Crippen LogP contribution in [0.15, 0.2) is 4.60 Å². The molecular weight excluding hydrogens is 308 g/mol. The number of nitrogens with zero attached hydrogens (tertiary/aromatic N) is 5. The Labute approximate surface area is 121 Å². The monoisotopic (exact) mass is 326 g/mol. The second kappa shape index (κ2) is 5.42. The van der Waals surface area contributed by atoms with Crippen LogP contribution in [0.2, 0.25) is 0 Å². The molecule has 104 valence electrons. The van der Waals surface area contributed by atoms with Gasteiger partial charge >= 0.3 is 0 Å². The van der Waals surface area contributed by atoms with E-state index in [1.54, 1.807) is 4.68 Å². The van der Waals surface area contributed by atoms with Crippen molar-refractivity contribution in [1.29, 1.82) is 0 Å². The second-order valence-corrected chi connectivity index (χ2v) is 5.34. The highest BCUT2D eigenvalue weighted by Crippen LogP contribution is 2.30. The fraction of sp³-hybridized carbons (Fsp3) is 0.583. The molecule has 7 heteroatoms. The van der Waals surface area contributed by atoms with E-state index in [0.29, 0.717) is 0 Å². The molecule has 0 aliphatic carbocycles. The third-order valence-corrected chi connectivity index (χ3v) is 3.93. The molecule has 1 atom stereocenters. The van der Waals surface area contributed by atoms with E-state index in [4.69, 9.17) is 0 Å². The summed E-state index contributed by atoms with van der Waals surface area (Å²) in [6.45, 7) is 7.06. The van der Waals surface area contributed by atoms with Crippen molar-refractivity contribution in [1.82, 2.24) is 30.1 Å². The normalized spacial score (nSPS) is 12.9. The van der Waals surface area contributed by atoms with Gasteiger partial charge in [0, 0.05) is 25.4 Å². The summed E-state index contributed by atoms with van der Waals surface area (Å²) in [6, 6.07) is 0.0353. The molecule has 19 heavy (non-hydrogen) atoms. The first-order valence-corrected chi connectivity index (χ1v) is 7.05. The fourth-order valence-electron chi connectivity index (χ4n) is 2.39. The van der Waals surface area contributed by atoms with E-state index in [1.165, 1.54) is 5.56 Å². The molecule has 0 amide bonds. The third kappa shape index (κ3) is 2.44. The van der Waals surface area contributed by atoms with Gasteiger partial charge in [0.25, 0.3) is 0 Å². The summed E-state index contributed by atoms with van der Waals surface area (Å²) in [4.78, 5) is 0. The van der Waals surface area contributed by atoms with Gasteiger partial charge in [-0.3, -0.25) is 4.68 Å². The van der Waals surface area contributed by atoms with E-state index in [0.717, 1.165) is 28.2 Å². The van der Waals surface area contributed by atoms with Crippen LogP contribution in [0.4, 0.5) is 0 Å². The Balaban J connectivity index is 2.58. The van der Waals surface area contributed by atoms with E-state index in [2.05, 4.69) is 50.5 Å². The highest BCUT2D eigenvalue weighted by molar-refractivity contribution is 9.10. The zero-order valence-corrected chi connectivity index (χ0v) is 13.5. The third-order valence-electron chi connectivity index (χ3n) is 3.36. The van der Waals surface area contributed by atoms with Gasteiger partial charge < -0.3 is 5.32 Å². The first kappa shape index (κ1) is 14.2. The highest BCUT2D eigenvalue weighted by Gasteiger charge is 2.26. The van der Waals surface area contributed by atoms with E-state index < -0.39 is 0 Å². The number of aryl methyl sites for hydroxylation is 3. The molecule has 0 spiro atoms. The minimum Gasteiger partial charge on any atom is -0.305 e. The zero-order valence-electron chi connectivity index (χ0n) is 11.9. The van der Waals surface area contributed by atoms with Crippen LogP contribution in [-0.2, 0) is 14.1 Å². The largest absolute Gasteiger partial charge is 0.305 e. The van der Waals surface area contributed by atoms with E-state index in [9.17, 15) is 0 Å². The fourth-order valence-corrected chi connectivity index (χ4v) is 2.95. The summed E-state index contributed by atoms with van der Waals surface area (Å²) in [6.07, 6.45) is 0. The molecule has 2 aromatic rings. The Morgan fingerprint density at radius 3 is 2.37 bits per heavy atom. The number of halogens is 1. The summed E-state index contributed by atoms with van der Waals surface area (Å²) in [7, 11) is 3.86. The molecular formula is C12H19BrN6. The molecule has 0 aromatic carbocycles. The summed E-state index contributed by atoms with van der Waals surface area (Å²) in [5.74, 6) is 0. The van der Waals surface area contributed by atoms with Crippen LogP contribution >= 0.6 is 15.9 Å². The van der Waals surface area contributed by atoms with Crippen molar-refractivity contribution in [2.24, 2.45) is 14.1 Å². The molecule has 0 saturated carbocycles. The molecule has 0 aliphatic heterocycles. The smallest absolute Gasteiger partial charge is 0.153 e. The van der Waals surface area contributed by atoms with Crippen molar-refractivity contribution in [3.05, 3.63) is 27.2 Å². The lowest BCUT2D eigenvalue weighted by Gasteiger charge is -2.19. The minimum atomic E-state index is 0.0353. The van der Waals surface area contributed by atoms with E-state index in [1.807, 2.05) is 25.7 Å².